The molecule has 0 N–H and O–H groups in total. The molecule has 1 aliphatic rings. The Balaban J connectivity index is 2.47. The lowest BCUT2D eigenvalue weighted by atomic mass is 9.96. The van der Waals surface area contributed by atoms with Crippen molar-refractivity contribution in [3.8, 4) is 0 Å². The Morgan fingerprint density at radius 2 is 2.10 bits per heavy atom. The Labute approximate surface area is 74.0 Å². The van der Waals surface area contributed by atoms with E-state index in [0.717, 1.165) is 6.42 Å². The Bertz CT molecular complexity index is 153. The number of halogens is 1. The van der Waals surface area contributed by atoms with Gasteiger partial charge in [-0.25, -0.2) is 0 Å². The molecule has 4 heteroatoms. The number of nitrogens with zero attached hydrogens (tertiary/aromatic N) is 3. The molecule has 0 unspecified atom stereocenters. The topological polar surface area (TPSA) is 48.8 Å². The van der Waals surface area contributed by atoms with Crippen LogP contribution in [-0.2, 0) is 0 Å². The second-order valence-electron chi connectivity index (χ2n) is 2.57. The number of azide groups is 1. The highest BCUT2D eigenvalue weighted by Gasteiger charge is 2.20. The van der Waals surface area contributed by atoms with Gasteiger partial charge in [0.25, 0.3) is 0 Å². The van der Waals surface area contributed by atoms with Gasteiger partial charge in [0.15, 0.2) is 0 Å². The average molecular weight is 251 g/mol. The lowest BCUT2D eigenvalue weighted by Gasteiger charge is -2.22. The Morgan fingerprint density at radius 3 is 2.70 bits per heavy atom. The minimum absolute atomic E-state index is 0.263. The minimum atomic E-state index is 0.263. The van der Waals surface area contributed by atoms with E-state index in [0.29, 0.717) is 3.92 Å². The largest absolute Gasteiger partial charge is 0.0895 e. The summed E-state index contributed by atoms with van der Waals surface area (Å²) in [5.41, 5.74) is 8.19. The van der Waals surface area contributed by atoms with Crippen molar-refractivity contribution in [3.05, 3.63) is 10.4 Å². The highest BCUT2D eigenvalue weighted by Crippen LogP contribution is 2.27. The summed E-state index contributed by atoms with van der Waals surface area (Å²) in [7, 11) is 0. The van der Waals surface area contributed by atoms with Gasteiger partial charge in [0.1, 0.15) is 0 Å². The highest BCUT2D eigenvalue weighted by atomic mass is 127. The van der Waals surface area contributed by atoms with Crippen LogP contribution >= 0.6 is 22.6 Å². The second kappa shape index (κ2) is 4.03. The third-order valence-corrected chi connectivity index (χ3v) is 3.30. The molecule has 0 aromatic rings. The molecule has 0 amide bonds. The quantitative estimate of drug-likeness (QED) is 0.226. The second-order valence-corrected chi connectivity index (χ2v) is 4.17. The average Bonchev–Trinajstić information content (AvgIpc) is 1.94. The fourth-order valence-electron chi connectivity index (χ4n) is 1.26. The Kier molecular flexibility index (Phi) is 3.28. The van der Waals surface area contributed by atoms with Crippen LogP contribution in [0, 0.1) is 0 Å². The molecule has 1 aliphatic carbocycles. The summed E-state index contributed by atoms with van der Waals surface area (Å²) in [4.78, 5) is 2.83. The zero-order chi connectivity index (χ0) is 7.40. The van der Waals surface area contributed by atoms with Gasteiger partial charge in [-0.1, -0.05) is 40.5 Å². The lowest BCUT2D eigenvalue weighted by molar-refractivity contribution is 0.463. The third-order valence-electron chi connectivity index (χ3n) is 1.85. The zero-order valence-electron chi connectivity index (χ0n) is 5.70. The molecule has 0 spiro atoms. The molecule has 0 bridgehead atoms. The summed E-state index contributed by atoms with van der Waals surface area (Å²) in [5, 5.41) is 3.74. The van der Waals surface area contributed by atoms with Crippen LogP contribution in [0.3, 0.4) is 0 Å². The van der Waals surface area contributed by atoms with E-state index >= 15 is 0 Å². The normalized spacial score (nSPS) is 32.9. The van der Waals surface area contributed by atoms with E-state index in [4.69, 9.17) is 5.53 Å². The smallest absolute Gasteiger partial charge is 0.0491 e. The Hall–Kier alpha value is 0.0400. The summed E-state index contributed by atoms with van der Waals surface area (Å²) < 4.78 is 0.572. The van der Waals surface area contributed by atoms with Gasteiger partial charge in [0.2, 0.25) is 0 Å². The van der Waals surface area contributed by atoms with Gasteiger partial charge in [-0.2, -0.15) is 0 Å². The van der Waals surface area contributed by atoms with Gasteiger partial charge >= 0.3 is 0 Å². The predicted octanol–water partition coefficient (Wildman–Crippen LogP) is 3.04. The van der Waals surface area contributed by atoms with Crippen LogP contribution in [0.15, 0.2) is 5.11 Å². The van der Waals surface area contributed by atoms with Crippen molar-refractivity contribution in [3.63, 3.8) is 0 Å². The summed E-state index contributed by atoms with van der Waals surface area (Å²) in [6.45, 7) is 0. The summed E-state index contributed by atoms with van der Waals surface area (Å²) >= 11 is 2.38. The maximum atomic E-state index is 8.19. The number of hydrogen-bond acceptors (Lipinski definition) is 1. The summed E-state index contributed by atoms with van der Waals surface area (Å²) in [6.07, 6.45) is 4.82. The molecule has 10 heavy (non-hydrogen) atoms. The van der Waals surface area contributed by atoms with Crippen LogP contribution in [0.1, 0.15) is 25.7 Å². The molecule has 0 aromatic carbocycles. The van der Waals surface area contributed by atoms with Crippen molar-refractivity contribution in [1.82, 2.24) is 0 Å². The molecule has 2 atom stereocenters. The Morgan fingerprint density at radius 1 is 1.40 bits per heavy atom. The minimum Gasteiger partial charge on any atom is -0.0895 e. The van der Waals surface area contributed by atoms with E-state index in [1.165, 1.54) is 19.3 Å². The standard InChI is InChI=1S/C6H10IN3/c7-5-3-1-2-4-6(5)9-10-8/h5-6H,1-4H2/t5-,6+/m0/s1. The molecule has 1 rings (SSSR count). The molecule has 1 fully saturated rings. The highest BCUT2D eigenvalue weighted by molar-refractivity contribution is 14.1. The molecule has 0 aromatic heterocycles. The third kappa shape index (κ3) is 2.02. The van der Waals surface area contributed by atoms with Crippen LogP contribution < -0.4 is 0 Å². The van der Waals surface area contributed by atoms with Gasteiger partial charge in [0, 0.05) is 14.9 Å². The number of rotatable bonds is 1. The van der Waals surface area contributed by atoms with Crippen LogP contribution in [0.4, 0.5) is 0 Å². The first-order chi connectivity index (χ1) is 4.84. The molecule has 1 saturated carbocycles. The molecular formula is C6H10IN3. The van der Waals surface area contributed by atoms with E-state index in [1.54, 1.807) is 0 Å². The zero-order valence-corrected chi connectivity index (χ0v) is 7.86. The van der Waals surface area contributed by atoms with Crippen molar-refractivity contribution in [2.75, 3.05) is 0 Å². The van der Waals surface area contributed by atoms with E-state index < -0.39 is 0 Å². The fraction of sp³-hybridized carbons (Fsp3) is 1.00. The van der Waals surface area contributed by atoms with E-state index in [9.17, 15) is 0 Å². The van der Waals surface area contributed by atoms with Crippen molar-refractivity contribution in [2.24, 2.45) is 5.11 Å². The van der Waals surface area contributed by atoms with Crippen molar-refractivity contribution in [1.29, 1.82) is 0 Å². The first-order valence-corrected chi connectivity index (χ1v) is 4.77. The molecule has 56 valence electrons. The van der Waals surface area contributed by atoms with Gasteiger partial charge in [0.05, 0.1) is 0 Å². The van der Waals surface area contributed by atoms with E-state index in [-0.39, 0.29) is 6.04 Å². The number of hydrogen-bond donors (Lipinski definition) is 0. The van der Waals surface area contributed by atoms with Crippen LogP contribution in [0.5, 0.6) is 0 Å². The maximum absolute atomic E-state index is 8.19. The number of alkyl halides is 1. The van der Waals surface area contributed by atoms with Crippen LogP contribution in [0.2, 0.25) is 0 Å². The first-order valence-electron chi connectivity index (χ1n) is 3.53. The van der Waals surface area contributed by atoms with Gasteiger partial charge in [-0.05, 0) is 18.4 Å². The molecule has 0 heterocycles. The molecule has 0 radical (unpaired) electrons. The predicted molar refractivity (Wildman–Crippen MR) is 49.2 cm³/mol. The summed E-state index contributed by atoms with van der Waals surface area (Å²) in [5.74, 6) is 0. The first kappa shape index (κ1) is 8.14. The molecule has 0 saturated heterocycles. The molecule has 0 aliphatic heterocycles. The van der Waals surface area contributed by atoms with Crippen molar-refractivity contribution < 1.29 is 0 Å². The molecular weight excluding hydrogens is 241 g/mol. The van der Waals surface area contributed by atoms with Crippen LogP contribution in [-0.4, -0.2) is 9.97 Å². The van der Waals surface area contributed by atoms with Crippen molar-refractivity contribution in [2.45, 2.75) is 35.6 Å². The maximum Gasteiger partial charge on any atom is 0.0491 e. The fourth-order valence-corrected chi connectivity index (χ4v) is 2.21. The van der Waals surface area contributed by atoms with Gasteiger partial charge in [-0.3, -0.25) is 0 Å². The lowest BCUT2D eigenvalue weighted by Crippen LogP contribution is -2.21. The van der Waals surface area contributed by atoms with Gasteiger partial charge < -0.3 is 0 Å². The van der Waals surface area contributed by atoms with E-state index in [1.807, 2.05) is 0 Å². The monoisotopic (exact) mass is 251 g/mol. The SMILES string of the molecule is [N-]=[N+]=N[C@@H]1CCCC[C@@H]1I. The van der Waals surface area contributed by atoms with Gasteiger partial charge in [-0.15, -0.1) is 0 Å². The molecule has 3 nitrogen and oxygen atoms in total. The van der Waals surface area contributed by atoms with Crippen molar-refractivity contribution >= 4 is 22.6 Å². The summed E-state index contributed by atoms with van der Waals surface area (Å²) in [6, 6.07) is 0.263. The van der Waals surface area contributed by atoms with E-state index in [2.05, 4.69) is 32.6 Å². The van der Waals surface area contributed by atoms with Crippen LogP contribution in [0.25, 0.3) is 10.4 Å².